The number of nitrogens with one attached hydrogen (secondary N) is 1. The Balaban J connectivity index is 1.89. The largest absolute Gasteiger partial charge is 0.508 e. The third-order valence-electron chi connectivity index (χ3n) is 4.20. The number of benzene rings is 2. The van der Waals surface area contributed by atoms with E-state index in [2.05, 4.69) is 15.2 Å². The third kappa shape index (κ3) is 2.64. The first-order valence-electron chi connectivity index (χ1n) is 8.00. The second kappa shape index (κ2) is 5.89. The summed E-state index contributed by atoms with van der Waals surface area (Å²) in [6.45, 7) is 3.99. The van der Waals surface area contributed by atoms with Gasteiger partial charge < -0.3 is 10.2 Å². The minimum Gasteiger partial charge on any atom is -0.508 e. The van der Waals surface area contributed by atoms with Crippen molar-refractivity contribution < 1.29 is 10.2 Å². The summed E-state index contributed by atoms with van der Waals surface area (Å²) in [7, 11) is 0. The van der Waals surface area contributed by atoms with Gasteiger partial charge in [-0.1, -0.05) is 26.0 Å². The molecule has 0 atom stereocenters. The average Bonchev–Trinajstić information content (AvgIpc) is 3.20. The van der Waals surface area contributed by atoms with E-state index in [0.717, 1.165) is 26.4 Å². The molecule has 126 valence electrons. The molecule has 0 spiro atoms. The second-order valence-corrected chi connectivity index (χ2v) is 7.26. The van der Waals surface area contributed by atoms with E-state index in [1.807, 2.05) is 38.1 Å². The lowest BCUT2D eigenvalue weighted by Crippen LogP contribution is -1.91. The van der Waals surface area contributed by atoms with Crippen LogP contribution in [0.1, 0.15) is 25.3 Å². The van der Waals surface area contributed by atoms with Gasteiger partial charge in [0.15, 0.2) is 0 Å². The predicted octanol–water partition coefficient (Wildman–Crippen LogP) is 4.89. The van der Waals surface area contributed by atoms with Gasteiger partial charge in [0.05, 0.1) is 27.7 Å². The smallest absolute Gasteiger partial charge is 0.128 e. The summed E-state index contributed by atoms with van der Waals surface area (Å²) < 4.78 is 1.10. The molecule has 0 saturated carbocycles. The van der Waals surface area contributed by atoms with Gasteiger partial charge in [0, 0.05) is 11.6 Å². The summed E-state index contributed by atoms with van der Waals surface area (Å²) in [5, 5.41) is 28.4. The highest BCUT2D eigenvalue weighted by Gasteiger charge is 2.19. The van der Waals surface area contributed by atoms with Crippen molar-refractivity contribution in [3.63, 3.8) is 0 Å². The van der Waals surface area contributed by atoms with Gasteiger partial charge in [-0.15, -0.1) is 11.3 Å². The highest BCUT2D eigenvalue weighted by Crippen LogP contribution is 2.41. The minimum absolute atomic E-state index is 0.00788. The minimum atomic E-state index is 0.00788. The molecular formula is C19H17N3O2S. The highest BCUT2D eigenvalue weighted by molar-refractivity contribution is 7.21. The number of hydrogen-bond acceptors (Lipinski definition) is 5. The fourth-order valence-electron chi connectivity index (χ4n) is 2.90. The zero-order valence-electron chi connectivity index (χ0n) is 13.8. The fourth-order valence-corrected chi connectivity index (χ4v) is 3.88. The monoisotopic (exact) mass is 351 g/mol. The number of rotatable bonds is 3. The van der Waals surface area contributed by atoms with Crippen molar-refractivity contribution in [1.29, 1.82) is 0 Å². The Hall–Kier alpha value is -2.86. The molecule has 3 N–H and O–H groups in total. The molecule has 0 aliphatic heterocycles. The molecule has 0 saturated heterocycles. The molecule has 4 aromatic rings. The number of phenolic OH excluding ortho intramolecular Hbond substituents is 2. The van der Waals surface area contributed by atoms with Crippen LogP contribution < -0.4 is 0 Å². The molecule has 2 heterocycles. The molecule has 4 rings (SSSR count). The lowest BCUT2D eigenvalue weighted by molar-refractivity contribution is 0.445. The van der Waals surface area contributed by atoms with E-state index in [4.69, 9.17) is 0 Å². The molecule has 6 heteroatoms. The highest BCUT2D eigenvalue weighted by atomic mass is 32.1. The maximum absolute atomic E-state index is 10.4. The van der Waals surface area contributed by atoms with Crippen molar-refractivity contribution in [2.75, 3.05) is 0 Å². The lowest BCUT2D eigenvalue weighted by Gasteiger charge is -2.12. The SMILES string of the molecule is CC(C)c1cc(-c2[nH]ncc2-c2nc3ccccc3s2)c(O)cc1O. The van der Waals surface area contributed by atoms with Crippen LogP contribution in [0.2, 0.25) is 0 Å². The van der Waals surface area contributed by atoms with E-state index < -0.39 is 0 Å². The van der Waals surface area contributed by atoms with E-state index in [9.17, 15) is 10.2 Å². The molecule has 0 aliphatic rings. The summed E-state index contributed by atoms with van der Waals surface area (Å²) in [6.07, 6.45) is 1.72. The number of fused-ring (bicyclic) bond motifs is 1. The number of hydrogen-bond donors (Lipinski definition) is 3. The molecule has 0 amide bonds. The summed E-state index contributed by atoms with van der Waals surface area (Å²) in [4.78, 5) is 4.67. The molecule has 0 unspecified atom stereocenters. The van der Waals surface area contributed by atoms with E-state index in [1.165, 1.54) is 6.07 Å². The van der Waals surface area contributed by atoms with Gasteiger partial charge in [0.1, 0.15) is 16.5 Å². The van der Waals surface area contributed by atoms with Crippen LogP contribution in [0.25, 0.3) is 32.0 Å². The molecular weight excluding hydrogens is 334 g/mol. The summed E-state index contributed by atoms with van der Waals surface area (Å²) in [6, 6.07) is 11.1. The lowest BCUT2D eigenvalue weighted by atomic mass is 9.96. The van der Waals surface area contributed by atoms with Gasteiger partial charge in [-0.25, -0.2) is 4.98 Å². The topological polar surface area (TPSA) is 82.0 Å². The van der Waals surface area contributed by atoms with Crippen molar-refractivity contribution in [3.05, 3.63) is 48.2 Å². The Morgan fingerprint density at radius 1 is 1.04 bits per heavy atom. The zero-order chi connectivity index (χ0) is 17.6. The maximum atomic E-state index is 10.4. The normalized spacial score (nSPS) is 11.5. The van der Waals surface area contributed by atoms with Crippen LogP contribution in [0.15, 0.2) is 42.6 Å². The van der Waals surface area contributed by atoms with Crippen LogP contribution in [0.5, 0.6) is 11.5 Å². The van der Waals surface area contributed by atoms with Gasteiger partial charge in [-0.3, -0.25) is 5.10 Å². The number of aromatic hydroxyl groups is 2. The molecule has 2 aromatic carbocycles. The van der Waals surface area contributed by atoms with Gasteiger partial charge in [0.25, 0.3) is 0 Å². The van der Waals surface area contributed by atoms with Crippen LogP contribution in [0.4, 0.5) is 0 Å². The van der Waals surface area contributed by atoms with Crippen LogP contribution in [-0.4, -0.2) is 25.4 Å². The standard InChI is InChI=1S/C19H17N3O2S/c1-10(2)11-7-12(16(24)8-15(11)23)18-13(9-20-22-18)19-21-14-5-3-4-6-17(14)25-19/h3-10,23-24H,1-2H3,(H,20,22). The summed E-state index contributed by atoms with van der Waals surface area (Å²) in [5.74, 6) is 0.235. The quantitative estimate of drug-likeness (QED) is 0.491. The van der Waals surface area contributed by atoms with Crippen molar-refractivity contribution >= 4 is 21.6 Å². The van der Waals surface area contributed by atoms with E-state index in [-0.39, 0.29) is 17.4 Å². The summed E-state index contributed by atoms with van der Waals surface area (Å²) >= 11 is 1.58. The van der Waals surface area contributed by atoms with E-state index in [0.29, 0.717) is 11.3 Å². The van der Waals surface area contributed by atoms with Crippen LogP contribution in [0.3, 0.4) is 0 Å². The number of H-pyrrole nitrogens is 1. The van der Waals surface area contributed by atoms with Gasteiger partial charge in [-0.05, 0) is 29.7 Å². The van der Waals surface area contributed by atoms with Crippen LogP contribution in [-0.2, 0) is 0 Å². The van der Waals surface area contributed by atoms with Gasteiger partial charge in [-0.2, -0.15) is 5.10 Å². The number of phenols is 2. The van der Waals surface area contributed by atoms with Crippen molar-refractivity contribution in [2.24, 2.45) is 0 Å². The number of aromatic nitrogens is 3. The average molecular weight is 351 g/mol. The predicted molar refractivity (Wildman–Crippen MR) is 100 cm³/mol. The molecule has 2 aromatic heterocycles. The second-order valence-electron chi connectivity index (χ2n) is 6.23. The summed E-state index contributed by atoms with van der Waals surface area (Å²) in [5.41, 5.74) is 3.84. The third-order valence-corrected chi connectivity index (χ3v) is 5.27. The van der Waals surface area contributed by atoms with E-state index >= 15 is 0 Å². The van der Waals surface area contributed by atoms with Gasteiger partial charge >= 0.3 is 0 Å². The molecule has 0 radical (unpaired) electrons. The zero-order valence-corrected chi connectivity index (χ0v) is 14.6. The fraction of sp³-hybridized carbons (Fsp3) is 0.158. The number of aromatic amines is 1. The Kier molecular flexibility index (Phi) is 3.69. The molecule has 0 fully saturated rings. The first-order chi connectivity index (χ1) is 12.0. The maximum Gasteiger partial charge on any atom is 0.128 e. The first kappa shape index (κ1) is 15.7. The van der Waals surface area contributed by atoms with Crippen molar-refractivity contribution in [1.82, 2.24) is 15.2 Å². The van der Waals surface area contributed by atoms with Gasteiger partial charge in [0.2, 0.25) is 0 Å². The Morgan fingerprint density at radius 3 is 2.60 bits per heavy atom. The number of para-hydroxylation sites is 1. The van der Waals surface area contributed by atoms with Crippen molar-refractivity contribution in [2.45, 2.75) is 19.8 Å². The van der Waals surface area contributed by atoms with Crippen LogP contribution in [0, 0.1) is 0 Å². The Morgan fingerprint density at radius 2 is 1.84 bits per heavy atom. The molecule has 5 nitrogen and oxygen atoms in total. The van der Waals surface area contributed by atoms with E-state index in [1.54, 1.807) is 23.6 Å². The number of thiazole rings is 1. The molecule has 0 bridgehead atoms. The first-order valence-corrected chi connectivity index (χ1v) is 8.82. The Bertz CT molecular complexity index is 1030. The van der Waals surface area contributed by atoms with Crippen LogP contribution >= 0.6 is 11.3 Å². The van der Waals surface area contributed by atoms with Crippen molar-refractivity contribution in [3.8, 4) is 33.3 Å². The molecule has 25 heavy (non-hydrogen) atoms. The Labute approximate surface area is 148 Å². The molecule has 0 aliphatic carbocycles. The number of nitrogens with zero attached hydrogens (tertiary/aromatic N) is 2.